The summed E-state index contributed by atoms with van der Waals surface area (Å²) in [7, 11) is 1.45. The van der Waals surface area contributed by atoms with Crippen molar-refractivity contribution in [1.29, 1.82) is 0 Å². The van der Waals surface area contributed by atoms with Gasteiger partial charge in [-0.25, -0.2) is 0 Å². The SMILES string of the molecule is C=CC1=C(/C=C\C)C[C@H]2C=Nc3cc(O)c(OC)cc3C(=O)N12. The molecule has 1 aromatic carbocycles. The van der Waals surface area contributed by atoms with Crippen molar-refractivity contribution in [2.75, 3.05) is 7.11 Å². The number of carbonyl (C=O) groups is 1. The van der Waals surface area contributed by atoms with Gasteiger partial charge in [-0.3, -0.25) is 14.7 Å². The van der Waals surface area contributed by atoms with Gasteiger partial charge in [-0.2, -0.15) is 0 Å². The lowest BCUT2D eigenvalue weighted by molar-refractivity contribution is 0.0806. The fraction of sp³-hybridized carbons (Fsp3) is 0.222. The first-order chi connectivity index (χ1) is 11.1. The molecule has 1 atom stereocenters. The molecule has 0 saturated heterocycles. The number of phenols is 1. The average Bonchev–Trinajstić information content (AvgIpc) is 2.84. The lowest BCUT2D eigenvalue weighted by atomic mass is 10.1. The molecule has 0 aromatic heterocycles. The highest BCUT2D eigenvalue weighted by Crippen LogP contribution is 2.39. The van der Waals surface area contributed by atoms with Crippen molar-refractivity contribution in [3.8, 4) is 11.5 Å². The third-order valence-corrected chi connectivity index (χ3v) is 4.04. The molecule has 0 unspecified atom stereocenters. The van der Waals surface area contributed by atoms with E-state index in [2.05, 4.69) is 11.6 Å². The number of aromatic hydroxyl groups is 1. The van der Waals surface area contributed by atoms with Crippen LogP contribution in [0.25, 0.3) is 0 Å². The van der Waals surface area contributed by atoms with Crippen molar-refractivity contribution in [3.63, 3.8) is 0 Å². The largest absolute Gasteiger partial charge is 0.504 e. The molecular formula is C18H18N2O3. The number of ether oxygens (including phenoxy) is 1. The van der Waals surface area contributed by atoms with E-state index in [1.54, 1.807) is 17.2 Å². The number of amides is 1. The van der Waals surface area contributed by atoms with E-state index in [0.717, 1.165) is 11.3 Å². The van der Waals surface area contributed by atoms with E-state index in [9.17, 15) is 9.90 Å². The van der Waals surface area contributed by atoms with Gasteiger partial charge in [-0.1, -0.05) is 18.7 Å². The van der Waals surface area contributed by atoms with Crippen molar-refractivity contribution >= 4 is 17.8 Å². The van der Waals surface area contributed by atoms with Crippen molar-refractivity contribution in [1.82, 2.24) is 4.90 Å². The topological polar surface area (TPSA) is 62.1 Å². The Hall–Kier alpha value is -2.82. The fourth-order valence-electron chi connectivity index (χ4n) is 3.01. The molecule has 5 nitrogen and oxygen atoms in total. The first-order valence-corrected chi connectivity index (χ1v) is 7.37. The number of hydrogen-bond donors (Lipinski definition) is 1. The standard InChI is InChI=1S/C18H18N2O3/c1-4-6-11-7-12-10-19-14-9-16(21)17(23-3)8-13(14)18(22)20(12)15(11)5-2/h4-6,8-10,12,21H,2,7H2,1,3H3/b6-4-/t12-/m0/s1. The number of phenolic OH excluding ortho intramolecular Hbond substituents is 1. The number of rotatable bonds is 3. The van der Waals surface area contributed by atoms with Crippen LogP contribution < -0.4 is 4.74 Å². The third-order valence-electron chi connectivity index (χ3n) is 4.04. The van der Waals surface area contributed by atoms with Gasteiger partial charge >= 0.3 is 0 Å². The summed E-state index contributed by atoms with van der Waals surface area (Å²) in [4.78, 5) is 19.1. The smallest absolute Gasteiger partial charge is 0.261 e. The maximum atomic E-state index is 13.0. The number of fused-ring (bicyclic) bond motifs is 2. The van der Waals surface area contributed by atoms with Crippen molar-refractivity contribution in [2.45, 2.75) is 19.4 Å². The Bertz CT molecular complexity index is 775. The fourth-order valence-corrected chi connectivity index (χ4v) is 3.01. The van der Waals surface area contributed by atoms with Crippen molar-refractivity contribution in [3.05, 3.63) is 53.8 Å². The highest BCUT2D eigenvalue weighted by Gasteiger charge is 2.36. The van der Waals surface area contributed by atoms with E-state index in [1.807, 2.05) is 19.1 Å². The molecule has 2 heterocycles. The van der Waals surface area contributed by atoms with Gasteiger partial charge in [0.2, 0.25) is 0 Å². The zero-order valence-electron chi connectivity index (χ0n) is 13.1. The number of methoxy groups -OCH3 is 1. The molecule has 5 heteroatoms. The first kappa shape index (κ1) is 15.1. The molecule has 2 aliphatic rings. The lowest BCUT2D eigenvalue weighted by Gasteiger charge is -2.22. The van der Waals surface area contributed by atoms with Gasteiger partial charge < -0.3 is 9.84 Å². The molecule has 0 saturated carbocycles. The van der Waals surface area contributed by atoms with Crippen LogP contribution in [-0.4, -0.2) is 35.3 Å². The van der Waals surface area contributed by atoms with E-state index >= 15 is 0 Å². The molecule has 0 fully saturated rings. The summed E-state index contributed by atoms with van der Waals surface area (Å²) < 4.78 is 5.11. The van der Waals surface area contributed by atoms with Crippen LogP contribution in [-0.2, 0) is 0 Å². The van der Waals surface area contributed by atoms with Gasteiger partial charge in [0, 0.05) is 24.4 Å². The van der Waals surface area contributed by atoms with Crippen LogP contribution in [0.4, 0.5) is 5.69 Å². The maximum Gasteiger partial charge on any atom is 0.261 e. The molecule has 1 N–H and O–H groups in total. The van der Waals surface area contributed by atoms with Crippen LogP contribution in [0.15, 0.2) is 53.2 Å². The van der Waals surface area contributed by atoms with Crippen LogP contribution >= 0.6 is 0 Å². The molecule has 0 aliphatic carbocycles. The summed E-state index contributed by atoms with van der Waals surface area (Å²) in [6.07, 6.45) is 8.07. The predicted octanol–water partition coefficient (Wildman–Crippen LogP) is 3.35. The van der Waals surface area contributed by atoms with E-state index in [-0.39, 0.29) is 23.4 Å². The second-order valence-electron chi connectivity index (χ2n) is 5.38. The Morgan fingerprint density at radius 3 is 2.91 bits per heavy atom. The van der Waals surface area contributed by atoms with Crippen molar-refractivity contribution in [2.24, 2.45) is 4.99 Å². The Balaban J connectivity index is 2.14. The number of carbonyl (C=O) groups excluding carboxylic acids is 1. The quantitative estimate of drug-likeness (QED) is 0.931. The summed E-state index contributed by atoms with van der Waals surface area (Å²) in [5.74, 6) is 0.0466. The van der Waals surface area contributed by atoms with E-state index in [1.165, 1.54) is 19.2 Å². The highest BCUT2D eigenvalue weighted by molar-refractivity contribution is 6.05. The van der Waals surface area contributed by atoms with Gasteiger partial charge in [0.15, 0.2) is 11.5 Å². The third kappa shape index (κ3) is 2.34. The normalized spacial score (nSPS) is 19.8. The predicted molar refractivity (Wildman–Crippen MR) is 89.4 cm³/mol. The molecule has 0 bridgehead atoms. The van der Waals surface area contributed by atoms with Crippen LogP contribution in [0.1, 0.15) is 23.7 Å². The number of nitrogens with zero attached hydrogens (tertiary/aromatic N) is 2. The summed E-state index contributed by atoms with van der Waals surface area (Å²) in [5.41, 5.74) is 2.70. The molecule has 2 aliphatic heterocycles. The lowest BCUT2D eigenvalue weighted by Crippen LogP contribution is -2.35. The molecule has 1 aromatic rings. The molecule has 0 radical (unpaired) electrons. The van der Waals surface area contributed by atoms with Crippen LogP contribution in [0.5, 0.6) is 11.5 Å². The number of aliphatic imine (C=N–C) groups is 1. The second-order valence-corrected chi connectivity index (χ2v) is 5.38. The summed E-state index contributed by atoms with van der Waals surface area (Å²) in [6.45, 7) is 5.78. The minimum atomic E-state index is -0.171. The summed E-state index contributed by atoms with van der Waals surface area (Å²) in [5, 5.41) is 9.90. The molecule has 1 amide bonds. The molecule has 3 rings (SSSR count). The minimum Gasteiger partial charge on any atom is -0.504 e. The Labute approximate surface area is 134 Å². The van der Waals surface area contributed by atoms with Gasteiger partial charge in [-0.15, -0.1) is 0 Å². The van der Waals surface area contributed by atoms with Gasteiger partial charge in [0.25, 0.3) is 5.91 Å². The Morgan fingerprint density at radius 1 is 1.48 bits per heavy atom. The molecule has 118 valence electrons. The van der Waals surface area contributed by atoms with Crippen LogP contribution in [0.2, 0.25) is 0 Å². The number of allylic oxidation sites excluding steroid dienone is 3. The summed E-state index contributed by atoms with van der Waals surface area (Å²) in [6, 6.07) is 2.83. The Kier molecular flexibility index (Phi) is 3.78. The van der Waals surface area contributed by atoms with E-state index in [4.69, 9.17) is 4.74 Å². The van der Waals surface area contributed by atoms with Crippen LogP contribution in [0.3, 0.4) is 0 Å². The van der Waals surface area contributed by atoms with Crippen molar-refractivity contribution < 1.29 is 14.6 Å². The highest BCUT2D eigenvalue weighted by atomic mass is 16.5. The van der Waals surface area contributed by atoms with E-state index < -0.39 is 0 Å². The Morgan fingerprint density at radius 2 is 2.26 bits per heavy atom. The first-order valence-electron chi connectivity index (χ1n) is 7.37. The minimum absolute atomic E-state index is 0.0349. The molecule has 23 heavy (non-hydrogen) atoms. The molecular weight excluding hydrogens is 292 g/mol. The van der Waals surface area contributed by atoms with E-state index in [0.29, 0.717) is 17.7 Å². The zero-order valence-corrected chi connectivity index (χ0v) is 13.1. The monoisotopic (exact) mass is 310 g/mol. The van der Waals surface area contributed by atoms with Gasteiger partial charge in [0.05, 0.1) is 24.4 Å². The van der Waals surface area contributed by atoms with Gasteiger partial charge in [0.1, 0.15) is 0 Å². The van der Waals surface area contributed by atoms with Gasteiger partial charge in [-0.05, 0) is 24.6 Å². The maximum absolute atomic E-state index is 13.0. The number of hydrogen-bond acceptors (Lipinski definition) is 4. The molecule has 0 spiro atoms. The zero-order chi connectivity index (χ0) is 16.6. The number of benzene rings is 1. The van der Waals surface area contributed by atoms with Crippen LogP contribution in [0, 0.1) is 0 Å². The second kappa shape index (κ2) is 5.76. The average molecular weight is 310 g/mol. The summed E-state index contributed by atoms with van der Waals surface area (Å²) >= 11 is 0.